The molecule has 172 valence electrons. The van der Waals surface area contributed by atoms with Crippen molar-refractivity contribution in [2.75, 3.05) is 49.6 Å². The van der Waals surface area contributed by atoms with Crippen LogP contribution in [0.3, 0.4) is 0 Å². The van der Waals surface area contributed by atoms with Gasteiger partial charge in [0.2, 0.25) is 5.91 Å². The number of hydrogen-bond acceptors (Lipinski definition) is 4. The molecule has 2 heterocycles. The van der Waals surface area contributed by atoms with Crippen LogP contribution in [0.4, 0.5) is 17.1 Å². The number of benzene rings is 3. The number of fused-ring (bicyclic) bond motifs is 2. The number of hydrogen-bond donors (Lipinski definition) is 0. The average Bonchev–Trinajstić information content (AvgIpc) is 3.01. The molecule has 0 bridgehead atoms. The predicted molar refractivity (Wildman–Crippen MR) is 136 cm³/mol. The van der Waals surface area contributed by atoms with Gasteiger partial charge in [-0.05, 0) is 48.2 Å². The van der Waals surface area contributed by atoms with Crippen LogP contribution in [0.2, 0.25) is 0 Å². The van der Waals surface area contributed by atoms with E-state index in [1.165, 1.54) is 16.8 Å². The highest BCUT2D eigenvalue weighted by atomic mass is 35.5. The number of halogens is 1. The lowest BCUT2D eigenvalue weighted by Gasteiger charge is -2.37. The number of ether oxygens (including phenoxy) is 1. The van der Waals surface area contributed by atoms with Gasteiger partial charge in [0.15, 0.2) is 0 Å². The third-order valence-electron chi connectivity index (χ3n) is 6.53. The molecular weight excluding hydrogens is 434 g/mol. The summed E-state index contributed by atoms with van der Waals surface area (Å²) in [5, 5.41) is 0. The van der Waals surface area contributed by atoms with E-state index in [-0.39, 0.29) is 18.3 Å². The number of rotatable bonds is 4. The van der Waals surface area contributed by atoms with Gasteiger partial charge < -0.3 is 9.64 Å². The molecule has 0 unspecified atom stereocenters. The van der Waals surface area contributed by atoms with Gasteiger partial charge in [0.1, 0.15) is 5.75 Å². The average molecular weight is 464 g/mol. The molecule has 0 radical (unpaired) electrons. The molecule has 0 saturated carbocycles. The standard InChI is InChI=1S/C27H29N3O2.ClH/c1-32-24-10-6-9-23(19-24)29-17-15-28(16-18-29)20-27(31)30-25-11-4-2-7-21(25)13-14-22-8-3-5-12-26(22)30;/h2-12,19H,13-18,20H2,1H3;1H. The maximum absolute atomic E-state index is 13.6. The zero-order valence-corrected chi connectivity index (χ0v) is 19.8. The molecule has 0 aliphatic carbocycles. The normalized spacial score (nSPS) is 15.7. The molecule has 0 atom stereocenters. The maximum Gasteiger partial charge on any atom is 0.245 e. The Hall–Kier alpha value is -3.02. The predicted octanol–water partition coefficient (Wildman–Crippen LogP) is 4.70. The van der Waals surface area contributed by atoms with E-state index in [4.69, 9.17) is 4.74 Å². The second-order valence-electron chi connectivity index (χ2n) is 8.45. The summed E-state index contributed by atoms with van der Waals surface area (Å²) < 4.78 is 5.37. The van der Waals surface area contributed by atoms with Gasteiger partial charge in [0.05, 0.1) is 25.0 Å². The number of amides is 1. The molecule has 33 heavy (non-hydrogen) atoms. The second-order valence-corrected chi connectivity index (χ2v) is 8.45. The smallest absolute Gasteiger partial charge is 0.245 e. The van der Waals surface area contributed by atoms with Crippen LogP contribution >= 0.6 is 12.4 Å². The summed E-state index contributed by atoms with van der Waals surface area (Å²) in [5.74, 6) is 1.01. The zero-order valence-electron chi connectivity index (χ0n) is 18.9. The van der Waals surface area contributed by atoms with Gasteiger partial charge in [-0.3, -0.25) is 14.6 Å². The van der Waals surface area contributed by atoms with Crippen molar-refractivity contribution in [2.24, 2.45) is 0 Å². The molecule has 3 aromatic rings. The topological polar surface area (TPSA) is 36.0 Å². The van der Waals surface area contributed by atoms with Crippen molar-refractivity contribution in [3.05, 3.63) is 83.9 Å². The van der Waals surface area contributed by atoms with Crippen LogP contribution in [-0.4, -0.2) is 50.6 Å². The van der Waals surface area contributed by atoms with Gasteiger partial charge in [0, 0.05) is 37.9 Å². The Morgan fingerprint density at radius 2 is 1.42 bits per heavy atom. The quantitative estimate of drug-likeness (QED) is 0.561. The Balaban J connectivity index is 0.00000259. The third kappa shape index (κ3) is 4.85. The summed E-state index contributed by atoms with van der Waals surface area (Å²) in [6.07, 6.45) is 1.91. The van der Waals surface area contributed by atoms with Crippen LogP contribution in [0, 0.1) is 0 Å². The first kappa shape index (κ1) is 23.1. The van der Waals surface area contributed by atoms with E-state index in [9.17, 15) is 4.79 Å². The van der Waals surface area contributed by atoms with Gasteiger partial charge in [-0.15, -0.1) is 12.4 Å². The molecule has 3 aromatic carbocycles. The highest BCUT2D eigenvalue weighted by Gasteiger charge is 2.28. The third-order valence-corrected chi connectivity index (χ3v) is 6.53. The summed E-state index contributed by atoms with van der Waals surface area (Å²) >= 11 is 0. The number of carbonyl (C=O) groups excluding carboxylic acids is 1. The second kappa shape index (κ2) is 10.3. The minimum absolute atomic E-state index is 0. The van der Waals surface area contributed by atoms with Gasteiger partial charge in [0.25, 0.3) is 0 Å². The monoisotopic (exact) mass is 463 g/mol. The van der Waals surface area contributed by atoms with Crippen molar-refractivity contribution < 1.29 is 9.53 Å². The van der Waals surface area contributed by atoms with Crippen molar-refractivity contribution in [2.45, 2.75) is 12.8 Å². The number of methoxy groups -OCH3 is 1. The van der Waals surface area contributed by atoms with Crippen molar-refractivity contribution in [3.8, 4) is 5.75 Å². The summed E-state index contributed by atoms with van der Waals surface area (Å²) in [6, 6.07) is 24.8. The fourth-order valence-electron chi connectivity index (χ4n) is 4.78. The molecule has 5 nitrogen and oxygen atoms in total. The lowest BCUT2D eigenvalue weighted by molar-refractivity contribution is -0.119. The zero-order chi connectivity index (χ0) is 21.9. The molecule has 6 heteroatoms. The van der Waals surface area contributed by atoms with Gasteiger partial charge in [-0.2, -0.15) is 0 Å². The van der Waals surface area contributed by atoms with E-state index in [0.717, 1.165) is 56.1 Å². The molecule has 2 aliphatic heterocycles. The maximum atomic E-state index is 13.6. The Morgan fingerprint density at radius 1 is 0.818 bits per heavy atom. The Morgan fingerprint density at radius 3 is 2.03 bits per heavy atom. The number of para-hydroxylation sites is 2. The van der Waals surface area contributed by atoms with E-state index < -0.39 is 0 Å². The van der Waals surface area contributed by atoms with Crippen molar-refractivity contribution in [1.82, 2.24) is 4.90 Å². The fourth-order valence-corrected chi connectivity index (χ4v) is 4.78. The van der Waals surface area contributed by atoms with E-state index >= 15 is 0 Å². The largest absolute Gasteiger partial charge is 0.497 e. The Bertz CT molecular complexity index is 1060. The van der Waals surface area contributed by atoms with Crippen LogP contribution in [-0.2, 0) is 17.6 Å². The molecule has 0 spiro atoms. The summed E-state index contributed by atoms with van der Waals surface area (Å²) in [7, 11) is 1.70. The van der Waals surface area contributed by atoms with Crippen molar-refractivity contribution in [3.63, 3.8) is 0 Å². The molecule has 1 amide bonds. The highest BCUT2D eigenvalue weighted by molar-refractivity contribution is 6.03. The lowest BCUT2D eigenvalue weighted by Crippen LogP contribution is -2.49. The first-order valence-electron chi connectivity index (χ1n) is 11.3. The molecule has 5 rings (SSSR count). The fraction of sp³-hybridized carbons (Fsp3) is 0.296. The Labute approximate surface area is 202 Å². The Kier molecular flexibility index (Phi) is 7.21. The van der Waals surface area contributed by atoms with Crippen LogP contribution in [0.25, 0.3) is 0 Å². The first-order chi connectivity index (χ1) is 15.7. The molecule has 0 aromatic heterocycles. The number of nitrogens with zero attached hydrogens (tertiary/aromatic N) is 3. The van der Waals surface area contributed by atoms with Crippen LogP contribution in [0.5, 0.6) is 5.75 Å². The minimum atomic E-state index is 0. The summed E-state index contributed by atoms with van der Waals surface area (Å²) in [6.45, 7) is 3.94. The highest BCUT2D eigenvalue weighted by Crippen LogP contribution is 2.36. The summed E-state index contributed by atoms with van der Waals surface area (Å²) in [4.78, 5) is 20.2. The van der Waals surface area contributed by atoms with Gasteiger partial charge >= 0.3 is 0 Å². The molecule has 0 N–H and O–H groups in total. The number of anilines is 3. The van der Waals surface area contributed by atoms with Gasteiger partial charge in [-0.1, -0.05) is 42.5 Å². The van der Waals surface area contributed by atoms with Gasteiger partial charge in [-0.25, -0.2) is 0 Å². The van der Waals surface area contributed by atoms with E-state index in [0.29, 0.717) is 6.54 Å². The number of carbonyl (C=O) groups is 1. The summed E-state index contributed by atoms with van der Waals surface area (Å²) in [5.41, 5.74) is 5.69. The first-order valence-corrected chi connectivity index (χ1v) is 11.3. The molecule has 1 fully saturated rings. The molecule has 2 aliphatic rings. The van der Waals surface area contributed by atoms with Crippen LogP contribution < -0.4 is 14.5 Å². The van der Waals surface area contributed by atoms with Crippen molar-refractivity contribution >= 4 is 35.4 Å². The van der Waals surface area contributed by atoms with E-state index in [1.807, 2.05) is 29.2 Å². The van der Waals surface area contributed by atoms with E-state index in [1.54, 1.807) is 7.11 Å². The molecular formula is C27H30ClN3O2. The van der Waals surface area contributed by atoms with Crippen LogP contribution in [0.1, 0.15) is 11.1 Å². The van der Waals surface area contributed by atoms with E-state index in [2.05, 4.69) is 58.3 Å². The SMILES string of the molecule is COc1cccc(N2CCN(CC(=O)N3c4ccccc4CCc4ccccc43)CC2)c1.Cl. The lowest BCUT2D eigenvalue weighted by atomic mass is 10.0. The number of aryl methyl sites for hydroxylation is 2. The van der Waals surface area contributed by atoms with Crippen LogP contribution in [0.15, 0.2) is 72.8 Å². The van der Waals surface area contributed by atoms with Crippen molar-refractivity contribution in [1.29, 1.82) is 0 Å². The number of piperazine rings is 1. The minimum Gasteiger partial charge on any atom is -0.497 e. The molecule has 1 saturated heterocycles.